The molecule has 0 spiro atoms. The van der Waals surface area contributed by atoms with E-state index in [0.29, 0.717) is 24.7 Å². The monoisotopic (exact) mass is 202 g/mol. The van der Waals surface area contributed by atoms with E-state index in [4.69, 9.17) is 17.0 Å². The third-order valence-electron chi connectivity index (χ3n) is 2.01. The van der Waals surface area contributed by atoms with Crippen molar-refractivity contribution in [2.75, 3.05) is 20.3 Å². The van der Waals surface area contributed by atoms with Gasteiger partial charge in [-0.3, -0.25) is 10.1 Å². The van der Waals surface area contributed by atoms with Crippen molar-refractivity contribution < 1.29 is 9.53 Å². The van der Waals surface area contributed by atoms with Crippen LogP contribution in [0.5, 0.6) is 0 Å². The molecular weight excluding hydrogens is 188 g/mol. The van der Waals surface area contributed by atoms with E-state index in [0.717, 1.165) is 0 Å². The largest absolute Gasteiger partial charge is 0.342 e. The molecule has 0 aliphatic carbocycles. The van der Waals surface area contributed by atoms with Crippen molar-refractivity contribution in [1.29, 1.82) is 0 Å². The molecule has 1 N–H and O–H groups in total. The Morgan fingerprint density at radius 2 is 2.46 bits per heavy atom. The van der Waals surface area contributed by atoms with Gasteiger partial charge in [0.1, 0.15) is 11.2 Å². The quantitative estimate of drug-likeness (QED) is 0.659. The molecule has 0 bridgehead atoms. The minimum absolute atomic E-state index is 0.00648. The lowest BCUT2D eigenvalue weighted by Crippen LogP contribution is -2.41. The fraction of sp³-hybridized carbons (Fsp3) is 0.750. The molecule has 1 saturated heterocycles. The smallest absolute Gasteiger partial charge is 0.189 e. The summed E-state index contributed by atoms with van der Waals surface area (Å²) in [7, 11) is 1.79. The van der Waals surface area contributed by atoms with E-state index in [1.807, 2.05) is 0 Å². The highest BCUT2D eigenvalue weighted by molar-refractivity contribution is 7.82. The maximum Gasteiger partial charge on any atom is 0.189 e. The number of hydrogen-bond acceptors (Lipinski definition) is 4. The number of rotatable bonds is 3. The Hall–Kier alpha value is -0.520. The molecule has 0 aromatic heterocycles. The van der Waals surface area contributed by atoms with Crippen LogP contribution in [-0.4, -0.2) is 42.2 Å². The molecule has 0 aromatic rings. The van der Waals surface area contributed by atoms with Crippen molar-refractivity contribution in [3.05, 3.63) is 0 Å². The average molecular weight is 202 g/mol. The first-order valence-corrected chi connectivity index (χ1v) is 4.70. The zero-order valence-electron chi connectivity index (χ0n) is 7.87. The van der Waals surface area contributed by atoms with E-state index in [-0.39, 0.29) is 12.0 Å². The van der Waals surface area contributed by atoms with Gasteiger partial charge in [0, 0.05) is 20.0 Å². The Kier molecular flexibility index (Phi) is 3.77. The van der Waals surface area contributed by atoms with Gasteiger partial charge in [-0.2, -0.15) is 0 Å². The minimum Gasteiger partial charge on any atom is -0.342 e. The van der Waals surface area contributed by atoms with Crippen molar-refractivity contribution in [3.8, 4) is 0 Å². The van der Waals surface area contributed by atoms with Gasteiger partial charge in [-0.05, 0) is 0 Å². The van der Waals surface area contributed by atoms with Crippen molar-refractivity contribution in [2.45, 2.75) is 19.6 Å². The summed E-state index contributed by atoms with van der Waals surface area (Å²) in [6, 6.07) is 0. The third-order valence-corrected chi connectivity index (χ3v) is 2.52. The highest BCUT2D eigenvalue weighted by atomic mass is 32.1. The van der Waals surface area contributed by atoms with Crippen LogP contribution >= 0.6 is 12.2 Å². The third kappa shape index (κ3) is 2.46. The number of nitrogens with zero attached hydrogens (tertiary/aromatic N) is 1. The Balaban J connectivity index is 2.50. The van der Waals surface area contributed by atoms with E-state index >= 15 is 0 Å². The first kappa shape index (κ1) is 10.6. The molecule has 1 aliphatic heterocycles. The van der Waals surface area contributed by atoms with E-state index in [1.54, 1.807) is 18.9 Å². The van der Waals surface area contributed by atoms with Crippen LogP contribution in [0.2, 0.25) is 0 Å². The molecule has 0 amide bonds. The summed E-state index contributed by atoms with van der Waals surface area (Å²) in [6.45, 7) is 3.04. The number of thiocarbonyl (C=S) groups is 1. The average Bonchev–Trinajstić information content (AvgIpc) is 2.67. The summed E-state index contributed by atoms with van der Waals surface area (Å²) in [4.78, 5) is 13.3. The van der Waals surface area contributed by atoms with Crippen molar-refractivity contribution in [3.63, 3.8) is 0 Å². The molecule has 1 atom stereocenters. The molecule has 0 radical (unpaired) electrons. The lowest BCUT2D eigenvalue weighted by Gasteiger charge is -2.24. The summed E-state index contributed by atoms with van der Waals surface area (Å²) < 4.78 is 5.31. The molecule has 1 heterocycles. The summed E-state index contributed by atoms with van der Waals surface area (Å²) in [6.07, 6.45) is 0.353. The zero-order chi connectivity index (χ0) is 9.84. The molecule has 0 aromatic carbocycles. The Labute approximate surface area is 83.2 Å². The van der Waals surface area contributed by atoms with Crippen LogP contribution < -0.4 is 5.32 Å². The Morgan fingerprint density at radius 3 is 2.92 bits per heavy atom. The van der Waals surface area contributed by atoms with E-state index < -0.39 is 0 Å². The van der Waals surface area contributed by atoms with Crippen molar-refractivity contribution in [1.82, 2.24) is 10.2 Å². The number of carbonyl (C=O) groups is 1. The molecule has 13 heavy (non-hydrogen) atoms. The number of ether oxygens (including phenoxy) is 1. The van der Waals surface area contributed by atoms with E-state index in [9.17, 15) is 4.79 Å². The first-order valence-electron chi connectivity index (χ1n) is 4.29. The molecule has 0 saturated carbocycles. The van der Waals surface area contributed by atoms with Gasteiger partial charge in [0.2, 0.25) is 0 Å². The second-order valence-corrected chi connectivity index (χ2v) is 3.30. The van der Waals surface area contributed by atoms with Crippen LogP contribution in [0.25, 0.3) is 0 Å². The summed E-state index contributed by atoms with van der Waals surface area (Å²) in [5, 5.41) is 3.03. The van der Waals surface area contributed by atoms with Gasteiger partial charge < -0.3 is 9.64 Å². The highest BCUT2D eigenvalue weighted by Gasteiger charge is 2.24. The number of ketones is 1. The van der Waals surface area contributed by atoms with Crippen LogP contribution in [0.3, 0.4) is 0 Å². The predicted octanol–water partition coefficient (Wildman–Crippen LogP) is 0.128. The van der Waals surface area contributed by atoms with Crippen molar-refractivity contribution >= 4 is 23.0 Å². The van der Waals surface area contributed by atoms with Gasteiger partial charge in [-0.1, -0.05) is 19.1 Å². The topological polar surface area (TPSA) is 41.6 Å². The normalized spacial score (nSPS) is 21.5. The molecule has 4 nitrogen and oxygen atoms in total. The number of nitrogens with one attached hydrogen (secondary N) is 1. The highest BCUT2D eigenvalue weighted by Crippen LogP contribution is 2.05. The molecule has 74 valence electrons. The SMILES string of the molecule is CCC(=O)C(=S)N(C)C1CNCO1. The number of Topliss-reactive ketones (excluding diaryl/α,β-unsaturated/α-hetero) is 1. The van der Waals surface area contributed by atoms with Gasteiger partial charge in [0.15, 0.2) is 5.78 Å². The number of hydrogen-bond donors (Lipinski definition) is 1. The van der Waals surface area contributed by atoms with Crippen LogP contribution in [0, 0.1) is 0 Å². The van der Waals surface area contributed by atoms with Gasteiger partial charge >= 0.3 is 0 Å². The van der Waals surface area contributed by atoms with Crippen LogP contribution in [0.15, 0.2) is 0 Å². The van der Waals surface area contributed by atoms with Crippen LogP contribution in [0.4, 0.5) is 0 Å². The first-order chi connectivity index (χ1) is 6.16. The number of likely N-dealkylation sites (N-methyl/N-ethyl adjacent to an activating group) is 1. The lowest BCUT2D eigenvalue weighted by molar-refractivity contribution is -0.113. The second-order valence-electron chi connectivity index (χ2n) is 2.91. The molecule has 1 rings (SSSR count). The molecular formula is C8H14N2O2S. The van der Waals surface area contributed by atoms with Gasteiger partial charge in [0.05, 0.1) is 6.73 Å². The standard InChI is InChI=1S/C8H14N2O2S/c1-3-6(11)8(13)10(2)7-4-9-5-12-7/h7,9H,3-5H2,1-2H3. The molecule has 5 heteroatoms. The summed E-state index contributed by atoms with van der Waals surface area (Å²) >= 11 is 5.00. The lowest BCUT2D eigenvalue weighted by atomic mass is 10.3. The van der Waals surface area contributed by atoms with Gasteiger partial charge in [-0.25, -0.2) is 0 Å². The fourth-order valence-corrected chi connectivity index (χ4v) is 1.39. The van der Waals surface area contributed by atoms with Crippen molar-refractivity contribution in [2.24, 2.45) is 0 Å². The zero-order valence-corrected chi connectivity index (χ0v) is 8.69. The predicted molar refractivity (Wildman–Crippen MR) is 53.4 cm³/mol. The van der Waals surface area contributed by atoms with E-state index in [1.165, 1.54) is 0 Å². The van der Waals surface area contributed by atoms with Crippen LogP contribution in [0.1, 0.15) is 13.3 Å². The van der Waals surface area contributed by atoms with Gasteiger partial charge in [0.25, 0.3) is 0 Å². The summed E-state index contributed by atoms with van der Waals surface area (Å²) in [5.74, 6) is -0.00648. The summed E-state index contributed by atoms with van der Waals surface area (Å²) in [5.41, 5.74) is 0. The van der Waals surface area contributed by atoms with Crippen LogP contribution in [-0.2, 0) is 9.53 Å². The number of carbonyl (C=O) groups excluding carboxylic acids is 1. The molecule has 1 fully saturated rings. The maximum atomic E-state index is 11.3. The Bertz CT molecular complexity index is 214. The molecule has 1 unspecified atom stereocenters. The van der Waals surface area contributed by atoms with E-state index in [2.05, 4.69) is 5.32 Å². The minimum atomic E-state index is -0.0944. The molecule has 1 aliphatic rings. The Morgan fingerprint density at radius 1 is 1.77 bits per heavy atom. The fourth-order valence-electron chi connectivity index (χ4n) is 1.12. The second kappa shape index (κ2) is 4.64. The van der Waals surface area contributed by atoms with Gasteiger partial charge in [-0.15, -0.1) is 0 Å². The maximum absolute atomic E-state index is 11.3.